The van der Waals surface area contributed by atoms with Crippen LogP contribution in [0.15, 0.2) is 75.3 Å². The van der Waals surface area contributed by atoms with Crippen molar-refractivity contribution in [2.24, 2.45) is 17.8 Å². The molecule has 1 aliphatic rings. The van der Waals surface area contributed by atoms with Gasteiger partial charge < -0.3 is 0 Å². The van der Waals surface area contributed by atoms with Crippen LogP contribution >= 0.6 is 11.3 Å². The van der Waals surface area contributed by atoms with E-state index in [1.54, 1.807) is 35.6 Å². The molecule has 2 aromatic rings. The Morgan fingerprint density at radius 1 is 1.11 bits per heavy atom. The number of carbonyl (C=O) groups is 1. The van der Waals surface area contributed by atoms with Gasteiger partial charge in [-0.3, -0.25) is 9.78 Å². The molecule has 1 N–H and O–H groups in total. The number of rotatable bonds is 9. The highest BCUT2D eigenvalue weighted by Crippen LogP contribution is 2.46. The zero-order valence-corrected chi connectivity index (χ0v) is 24.0. The monoisotopic (exact) mass is 526 g/mol. The van der Waals surface area contributed by atoms with Crippen LogP contribution < -0.4 is 4.72 Å². The van der Waals surface area contributed by atoms with Crippen molar-refractivity contribution in [3.05, 3.63) is 80.9 Å². The summed E-state index contributed by atoms with van der Waals surface area (Å²) in [4.78, 5) is 18.7. The zero-order chi connectivity index (χ0) is 26.6. The number of allylic oxidation sites excluding steroid dienone is 5. The maximum absolute atomic E-state index is 13.1. The van der Waals surface area contributed by atoms with Gasteiger partial charge in [-0.2, -0.15) is 0 Å². The van der Waals surface area contributed by atoms with Crippen LogP contribution in [0.5, 0.6) is 0 Å². The molecule has 194 valence electrons. The van der Waals surface area contributed by atoms with Crippen LogP contribution in [-0.2, 0) is 21.2 Å². The number of hydrogen-bond donors (Lipinski definition) is 1. The number of nitrogens with zero attached hydrogens (tertiary/aromatic N) is 1. The SMILES string of the molecule is CC(C)=CCc1ccc(S(=O)(=O)NC(=O)CC2=C(C(C)C)C(C)C(c3cncs3)C=C2C(C)C)cc1. The molecular formula is C29H38N2O3S2. The van der Waals surface area contributed by atoms with Crippen molar-refractivity contribution in [1.82, 2.24) is 9.71 Å². The summed E-state index contributed by atoms with van der Waals surface area (Å²) in [7, 11) is -3.96. The summed E-state index contributed by atoms with van der Waals surface area (Å²) in [6, 6.07) is 6.70. The van der Waals surface area contributed by atoms with Crippen molar-refractivity contribution in [1.29, 1.82) is 0 Å². The van der Waals surface area contributed by atoms with Gasteiger partial charge in [-0.15, -0.1) is 11.3 Å². The number of nitrogens with one attached hydrogen (secondary N) is 1. The van der Waals surface area contributed by atoms with Crippen LogP contribution in [0, 0.1) is 17.8 Å². The molecule has 0 bridgehead atoms. The molecule has 0 fully saturated rings. The van der Waals surface area contributed by atoms with E-state index >= 15 is 0 Å². The molecule has 1 amide bonds. The Hall–Kier alpha value is -2.51. The first-order chi connectivity index (χ1) is 16.9. The molecular weight excluding hydrogens is 488 g/mol. The topological polar surface area (TPSA) is 76.1 Å². The van der Waals surface area contributed by atoms with Crippen LogP contribution in [0.4, 0.5) is 0 Å². The second kappa shape index (κ2) is 11.7. The minimum atomic E-state index is -3.96. The van der Waals surface area contributed by atoms with Crippen LogP contribution in [0.1, 0.15) is 71.2 Å². The van der Waals surface area contributed by atoms with Crippen molar-refractivity contribution in [2.45, 2.75) is 72.1 Å². The van der Waals surface area contributed by atoms with E-state index in [0.29, 0.717) is 0 Å². The number of amides is 1. The van der Waals surface area contributed by atoms with Gasteiger partial charge in [-0.1, -0.05) is 70.0 Å². The lowest BCUT2D eigenvalue weighted by molar-refractivity contribution is -0.118. The number of carbonyl (C=O) groups excluding carboxylic acids is 1. The van der Waals surface area contributed by atoms with E-state index in [2.05, 4.69) is 56.5 Å². The molecule has 2 atom stereocenters. The highest BCUT2D eigenvalue weighted by Gasteiger charge is 2.34. The van der Waals surface area contributed by atoms with E-state index in [4.69, 9.17) is 0 Å². The Balaban J connectivity index is 1.85. The van der Waals surface area contributed by atoms with Crippen molar-refractivity contribution < 1.29 is 13.2 Å². The minimum absolute atomic E-state index is 0.0369. The Kier molecular flexibility index (Phi) is 9.12. The lowest BCUT2D eigenvalue weighted by Gasteiger charge is -2.35. The molecule has 0 radical (unpaired) electrons. The third kappa shape index (κ3) is 6.62. The summed E-state index contributed by atoms with van der Waals surface area (Å²) in [5.41, 5.74) is 7.39. The largest absolute Gasteiger partial charge is 0.274 e. The summed E-state index contributed by atoms with van der Waals surface area (Å²) >= 11 is 1.65. The van der Waals surface area contributed by atoms with Gasteiger partial charge in [-0.05, 0) is 66.9 Å². The second-order valence-electron chi connectivity index (χ2n) is 10.4. The van der Waals surface area contributed by atoms with E-state index in [-0.39, 0.29) is 35.0 Å². The maximum Gasteiger partial charge on any atom is 0.264 e. The average Bonchev–Trinajstić information content (AvgIpc) is 3.32. The average molecular weight is 527 g/mol. The maximum atomic E-state index is 13.1. The van der Waals surface area contributed by atoms with Crippen molar-refractivity contribution in [3.8, 4) is 0 Å². The van der Waals surface area contributed by atoms with Gasteiger partial charge >= 0.3 is 0 Å². The van der Waals surface area contributed by atoms with Crippen molar-refractivity contribution in [3.63, 3.8) is 0 Å². The van der Waals surface area contributed by atoms with E-state index in [1.165, 1.54) is 16.0 Å². The summed E-state index contributed by atoms with van der Waals surface area (Å²) in [5.74, 6) is 0.320. The molecule has 7 heteroatoms. The Morgan fingerprint density at radius 2 is 1.78 bits per heavy atom. The van der Waals surface area contributed by atoms with Gasteiger partial charge in [0, 0.05) is 17.0 Å². The highest BCUT2D eigenvalue weighted by atomic mass is 32.2. The predicted octanol–water partition coefficient (Wildman–Crippen LogP) is 6.82. The van der Waals surface area contributed by atoms with E-state index in [1.807, 2.05) is 25.6 Å². The predicted molar refractivity (Wildman–Crippen MR) is 148 cm³/mol. The quantitative estimate of drug-likeness (QED) is 0.364. The Labute approximate surface area is 220 Å². The molecule has 0 saturated carbocycles. The fraction of sp³-hybridized carbons (Fsp3) is 0.448. The first kappa shape index (κ1) is 28.1. The van der Waals surface area contributed by atoms with E-state index in [9.17, 15) is 13.2 Å². The number of benzene rings is 1. The molecule has 36 heavy (non-hydrogen) atoms. The molecule has 1 heterocycles. The first-order valence-corrected chi connectivity index (χ1v) is 14.9. The van der Waals surface area contributed by atoms with Gasteiger partial charge in [0.05, 0.1) is 16.8 Å². The third-order valence-corrected chi connectivity index (χ3v) is 8.94. The van der Waals surface area contributed by atoms with Gasteiger partial charge in [0.1, 0.15) is 0 Å². The Bertz CT molecular complexity index is 1260. The number of sulfonamides is 1. The van der Waals surface area contributed by atoms with Crippen molar-refractivity contribution >= 4 is 27.3 Å². The fourth-order valence-corrected chi connectivity index (χ4v) is 6.72. The molecule has 3 rings (SSSR count). The summed E-state index contributed by atoms with van der Waals surface area (Å²) in [5, 5.41) is 0. The van der Waals surface area contributed by atoms with E-state index in [0.717, 1.165) is 23.1 Å². The smallest absolute Gasteiger partial charge is 0.264 e. The Morgan fingerprint density at radius 3 is 2.31 bits per heavy atom. The molecule has 2 unspecified atom stereocenters. The van der Waals surface area contributed by atoms with Crippen molar-refractivity contribution in [2.75, 3.05) is 0 Å². The number of aromatic nitrogens is 1. The van der Waals surface area contributed by atoms with Gasteiger partial charge in [0.15, 0.2) is 0 Å². The van der Waals surface area contributed by atoms with Crippen LogP contribution in [-0.4, -0.2) is 19.3 Å². The molecule has 0 spiro atoms. The highest BCUT2D eigenvalue weighted by molar-refractivity contribution is 7.90. The zero-order valence-electron chi connectivity index (χ0n) is 22.3. The third-order valence-electron chi connectivity index (χ3n) is 6.67. The van der Waals surface area contributed by atoms with E-state index < -0.39 is 15.9 Å². The normalized spacial score (nSPS) is 18.4. The number of hydrogen-bond acceptors (Lipinski definition) is 5. The van der Waals surface area contributed by atoms with Crippen LogP contribution in [0.25, 0.3) is 0 Å². The summed E-state index contributed by atoms with van der Waals surface area (Å²) in [6.07, 6.45) is 7.06. The molecule has 1 aliphatic carbocycles. The minimum Gasteiger partial charge on any atom is -0.274 e. The van der Waals surface area contributed by atoms with Gasteiger partial charge in [0.2, 0.25) is 5.91 Å². The lowest BCUT2D eigenvalue weighted by atomic mass is 9.70. The van der Waals surface area contributed by atoms with Gasteiger partial charge in [0.25, 0.3) is 10.0 Å². The standard InChI is InChI=1S/C29H38N2O3S2/c1-18(2)8-9-22-10-12-23(13-11-22)36(33,34)31-28(32)15-26-24(19(3)4)14-25(27-16-30-17-35-27)21(7)29(26)20(5)6/h8,10-14,16-17,19-21,25H,9,15H2,1-7H3,(H,31,32). The lowest BCUT2D eigenvalue weighted by Crippen LogP contribution is -2.32. The molecule has 1 aromatic carbocycles. The fourth-order valence-electron chi connectivity index (χ4n) is 4.94. The van der Waals surface area contributed by atoms with Crippen LogP contribution in [0.2, 0.25) is 0 Å². The molecule has 0 aliphatic heterocycles. The van der Waals surface area contributed by atoms with Gasteiger partial charge in [-0.25, -0.2) is 13.1 Å². The summed E-state index contributed by atoms with van der Waals surface area (Å²) < 4.78 is 28.3. The second-order valence-corrected chi connectivity index (χ2v) is 13.0. The molecule has 0 saturated heterocycles. The van der Waals surface area contributed by atoms with Crippen LogP contribution in [0.3, 0.4) is 0 Å². The first-order valence-electron chi connectivity index (χ1n) is 12.5. The number of thiazole rings is 1. The summed E-state index contributed by atoms with van der Waals surface area (Å²) in [6.45, 7) is 14.8. The molecule has 1 aromatic heterocycles. The molecule has 5 nitrogen and oxygen atoms in total.